The number of furan rings is 1. The Bertz CT molecular complexity index is 1030. The third-order valence-electron chi connectivity index (χ3n) is 5.23. The minimum atomic E-state index is -0.0360. The molecule has 0 saturated carbocycles. The van der Waals surface area contributed by atoms with E-state index in [2.05, 4.69) is 32.9 Å². The first-order valence-corrected chi connectivity index (χ1v) is 8.96. The molecule has 3 heteroatoms. The number of rotatable bonds is 3. The maximum atomic E-state index is 12.8. The molecular formula is C22H23NO2. The van der Waals surface area contributed by atoms with Gasteiger partial charge in [-0.05, 0) is 36.0 Å². The molecule has 0 amide bonds. The first-order valence-electron chi connectivity index (χ1n) is 8.96. The molecule has 128 valence electrons. The number of para-hydroxylation sites is 1. The number of hydrogen-bond donors (Lipinski definition) is 0. The summed E-state index contributed by atoms with van der Waals surface area (Å²) in [5.41, 5.74) is 3.93. The van der Waals surface area contributed by atoms with Crippen molar-refractivity contribution in [1.82, 2.24) is 4.57 Å². The van der Waals surface area contributed by atoms with E-state index in [1.807, 2.05) is 30.5 Å². The standard InChI is InChI=1S/C22H23NO2/c1-4-11-22(2,3)15-13-18-21-17(9-7-12-23(18)20(24)14-15)16-8-5-6-10-19(16)25-21/h5-8,10,12-14H,4,9,11H2,1-3H3. The molecule has 3 aromatic rings. The Morgan fingerprint density at radius 2 is 2.00 bits per heavy atom. The molecule has 0 unspecified atom stereocenters. The lowest BCUT2D eigenvalue weighted by Crippen LogP contribution is -2.24. The molecule has 0 spiro atoms. The summed E-state index contributed by atoms with van der Waals surface area (Å²) in [6, 6.07) is 12.0. The molecule has 3 heterocycles. The largest absolute Gasteiger partial charge is 0.454 e. The van der Waals surface area contributed by atoms with Crippen LogP contribution in [0.4, 0.5) is 0 Å². The highest BCUT2D eigenvalue weighted by atomic mass is 16.3. The molecule has 0 radical (unpaired) electrons. The fourth-order valence-electron chi connectivity index (χ4n) is 3.85. The molecule has 0 fully saturated rings. The molecule has 0 N–H and O–H groups in total. The number of benzene rings is 1. The van der Waals surface area contributed by atoms with Crippen LogP contribution in [0.15, 0.2) is 51.7 Å². The van der Waals surface area contributed by atoms with Crippen molar-refractivity contribution in [2.75, 3.05) is 0 Å². The highest BCUT2D eigenvalue weighted by Crippen LogP contribution is 2.37. The van der Waals surface area contributed by atoms with E-state index < -0.39 is 0 Å². The van der Waals surface area contributed by atoms with Gasteiger partial charge in [-0.3, -0.25) is 9.36 Å². The summed E-state index contributed by atoms with van der Waals surface area (Å²) >= 11 is 0. The van der Waals surface area contributed by atoms with Crippen molar-refractivity contribution < 1.29 is 4.42 Å². The van der Waals surface area contributed by atoms with Gasteiger partial charge >= 0.3 is 0 Å². The van der Waals surface area contributed by atoms with Crippen LogP contribution >= 0.6 is 0 Å². The number of pyridine rings is 1. The maximum Gasteiger partial charge on any atom is 0.255 e. The van der Waals surface area contributed by atoms with Crippen LogP contribution in [0.25, 0.3) is 28.6 Å². The highest BCUT2D eigenvalue weighted by Gasteiger charge is 2.25. The molecular weight excluding hydrogens is 310 g/mol. The summed E-state index contributed by atoms with van der Waals surface area (Å²) in [5.74, 6) is 0.817. The van der Waals surface area contributed by atoms with E-state index in [1.165, 1.54) is 0 Å². The lowest BCUT2D eigenvalue weighted by atomic mass is 9.80. The summed E-state index contributed by atoms with van der Waals surface area (Å²) in [6.45, 7) is 6.58. The van der Waals surface area contributed by atoms with Crippen molar-refractivity contribution in [3.63, 3.8) is 0 Å². The van der Waals surface area contributed by atoms with Gasteiger partial charge in [0.05, 0.1) is 5.69 Å². The third kappa shape index (κ3) is 2.55. The Hall–Kier alpha value is -2.55. The van der Waals surface area contributed by atoms with Crippen LogP contribution in [0.5, 0.6) is 0 Å². The lowest BCUT2D eigenvalue weighted by Gasteiger charge is -2.25. The normalized spacial score (nSPS) is 13.6. The van der Waals surface area contributed by atoms with E-state index in [9.17, 15) is 4.79 Å². The van der Waals surface area contributed by atoms with E-state index in [-0.39, 0.29) is 11.0 Å². The summed E-state index contributed by atoms with van der Waals surface area (Å²) in [7, 11) is 0. The minimum Gasteiger partial charge on any atom is -0.454 e. The highest BCUT2D eigenvalue weighted by molar-refractivity contribution is 5.88. The summed E-state index contributed by atoms with van der Waals surface area (Å²) in [5, 5.41) is 1.13. The van der Waals surface area contributed by atoms with Crippen molar-refractivity contribution in [2.24, 2.45) is 0 Å². The predicted molar refractivity (Wildman–Crippen MR) is 103 cm³/mol. The smallest absolute Gasteiger partial charge is 0.255 e. The molecule has 3 nitrogen and oxygen atoms in total. The van der Waals surface area contributed by atoms with Gasteiger partial charge in [-0.25, -0.2) is 0 Å². The second-order valence-corrected chi connectivity index (χ2v) is 7.47. The lowest BCUT2D eigenvalue weighted by molar-refractivity contribution is 0.472. The van der Waals surface area contributed by atoms with Crippen molar-refractivity contribution in [2.45, 2.75) is 45.4 Å². The molecule has 25 heavy (non-hydrogen) atoms. The van der Waals surface area contributed by atoms with E-state index in [1.54, 1.807) is 10.6 Å². The molecule has 4 rings (SSSR count). The quantitative estimate of drug-likeness (QED) is 0.646. The monoisotopic (exact) mass is 333 g/mol. The Kier molecular flexibility index (Phi) is 3.68. The molecule has 1 aromatic carbocycles. The van der Waals surface area contributed by atoms with Crippen LogP contribution in [0, 0.1) is 0 Å². The zero-order valence-electron chi connectivity index (χ0n) is 15.0. The molecule has 0 atom stereocenters. The van der Waals surface area contributed by atoms with Gasteiger partial charge in [0.1, 0.15) is 5.58 Å². The number of allylic oxidation sites excluding steroid dienone is 1. The fraction of sp³-hybridized carbons (Fsp3) is 0.318. The van der Waals surface area contributed by atoms with Gasteiger partial charge in [0.15, 0.2) is 5.76 Å². The van der Waals surface area contributed by atoms with Gasteiger partial charge in [-0.2, -0.15) is 0 Å². The number of aromatic nitrogens is 1. The first kappa shape index (κ1) is 15.9. The number of nitrogens with zero attached hydrogens (tertiary/aromatic N) is 1. The van der Waals surface area contributed by atoms with Crippen LogP contribution in [-0.2, 0) is 11.8 Å². The van der Waals surface area contributed by atoms with Crippen molar-refractivity contribution in [1.29, 1.82) is 0 Å². The van der Waals surface area contributed by atoms with Crippen LogP contribution in [0.1, 0.15) is 44.7 Å². The van der Waals surface area contributed by atoms with Crippen molar-refractivity contribution >= 4 is 17.2 Å². The Balaban J connectivity index is 2.01. The van der Waals surface area contributed by atoms with Gasteiger partial charge < -0.3 is 4.42 Å². The number of hydrogen-bond acceptors (Lipinski definition) is 2. The van der Waals surface area contributed by atoms with Gasteiger partial charge in [0.25, 0.3) is 5.56 Å². The Labute approximate surface area is 147 Å². The van der Waals surface area contributed by atoms with Crippen LogP contribution in [0.3, 0.4) is 0 Å². The third-order valence-corrected chi connectivity index (χ3v) is 5.23. The van der Waals surface area contributed by atoms with Gasteiger partial charge in [-0.1, -0.05) is 51.5 Å². The van der Waals surface area contributed by atoms with E-state index in [0.29, 0.717) is 0 Å². The Morgan fingerprint density at radius 3 is 2.80 bits per heavy atom. The average Bonchev–Trinajstić information content (AvgIpc) is 2.84. The first-order chi connectivity index (χ1) is 12.0. The van der Waals surface area contributed by atoms with Crippen molar-refractivity contribution in [3.05, 3.63) is 64.0 Å². The maximum absolute atomic E-state index is 12.8. The van der Waals surface area contributed by atoms with Crippen LogP contribution < -0.4 is 5.56 Å². The van der Waals surface area contributed by atoms with Crippen LogP contribution in [0.2, 0.25) is 0 Å². The van der Waals surface area contributed by atoms with Gasteiger partial charge in [-0.15, -0.1) is 0 Å². The summed E-state index contributed by atoms with van der Waals surface area (Å²) in [4.78, 5) is 12.8. The zero-order valence-corrected chi connectivity index (χ0v) is 15.0. The molecule has 1 aliphatic rings. The molecule has 0 saturated heterocycles. The minimum absolute atomic E-state index is 0.00114. The van der Waals surface area contributed by atoms with E-state index in [0.717, 1.165) is 52.8 Å². The van der Waals surface area contributed by atoms with E-state index in [4.69, 9.17) is 4.42 Å². The summed E-state index contributed by atoms with van der Waals surface area (Å²) < 4.78 is 7.89. The fourth-order valence-corrected chi connectivity index (χ4v) is 3.85. The SMILES string of the molecule is CCCC(C)(C)c1cc2n(c(=O)c1)C=CCc1c-2oc2ccccc12. The molecule has 1 aliphatic heterocycles. The average molecular weight is 333 g/mol. The second kappa shape index (κ2) is 5.76. The van der Waals surface area contributed by atoms with Crippen molar-refractivity contribution in [3.8, 4) is 11.5 Å². The Morgan fingerprint density at radius 1 is 1.20 bits per heavy atom. The van der Waals surface area contributed by atoms with Gasteiger partial charge in [0.2, 0.25) is 0 Å². The molecule has 2 aromatic heterocycles. The zero-order chi connectivity index (χ0) is 17.6. The predicted octanol–water partition coefficient (Wildman–Crippen LogP) is 5.37. The van der Waals surface area contributed by atoms with Gasteiger partial charge in [0, 0.05) is 23.2 Å². The molecule has 0 aliphatic carbocycles. The second-order valence-electron chi connectivity index (χ2n) is 7.47. The van der Waals surface area contributed by atoms with Crippen LogP contribution in [-0.4, -0.2) is 4.57 Å². The summed E-state index contributed by atoms with van der Waals surface area (Å²) in [6.07, 6.45) is 6.80. The number of fused-ring (bicyclic) bond motifs is 5. The molecule has 0 bridgehead atoms. The van der Waals surface area contributed by atoms with E-state index >= 15 is 0 Å². The topological polar surface area (TPSA) is 35.1 Å².